The molecule has 0 fully saturated rings. The lowest BCUT2D eigenvalue weighted by Crippen LogP contribution is -2.10. The highest BCUT2D eigenvalue weighted by atomic mass is 35.5. The first-order valence-corrected chi connectivity index (χ1v) is 6.13. The van der Waals surface area contributed by atoms with E-state index in [-0.39, 0.29) is 34.4 Å². The molecule has 0 N–H and O–H groups in total. The van der Waals surface area contributed by atoms with Crippen LogP contribution in [0, 0.1) is 0 Å². The molecule has 0 aliphatic heterocycles. The fourth-order valence-electron chi connectivity index (χ4n) is 1.37. The summed E-state index contributed by atoms with van der Waals surface area (Å²) >= 11 is 11.8. The summed E-state index contributed by atoms with van der Waals surface area (Å²) < 4.78 is 33.2. The maximum atomic E-state index is 11.8. The van der Waals surface area contributed by atoms with Crippen LogP contribution in [0.2, 0.25) is 10.0 Å². The zero-order valence-electron chi connectivity index (χ0n) is 10.1. The lowest BCUT2D eigenvalue weighted by molar-refractivity contribution is 0.0170. The van der Waals surface area contributed by atoms with E-state index in [9.17, 15) is 13.6 Å². The lowest BCUT2D eigenvalue weighted by Gasteiger charge is -2.08. The van der Waals surface area contributed by atoms with Crippen molar-refractivity contribution in [2.24, 2.45) is 0 Å². The number of hydrogen-bond donors (Lipinski definition) is 0. The van der Waals surface area contributed by atoms with Crippen molar-refractivity contribution in [1.29, 1.82) is 0 Å². The number of alkyl halides is 2. The van der Waals surface area contributed by atoms with Crippen LogP contribution in [0.15, 0.2) is 12.1 Å². The molecule has 0 unspecified atom stereocenters. The highest BCUT2D eigenvalue weighted by Crippen LogP contribution is 2.31. The first kappa shape index (κ1) is 16.1. The molecule has 1 aromatic rings. The summed E-state index contributed by atoms with van der Waals surface area (Å²) in [6.45, 7) is -0.784. The van der Waals surface area contributed by atoms with Gasteiger partial charge in [-0.1, -0.05) is 23.2 Å². The van der Waals surface area contributed by atoms with Gasteiger partial charge < -0.3 is 9.47 Å². The summed E-state index contributed by atoms with van der Waals surface area (Å²) in [4.78, 5) is 11.8. The van der Waals surface area contributed by atoms with E-state index < -0.39 is 13.0 Å². The zero-order valence-corrected chi connectivity index (χ0v) is 11.6. The van der Waals surface area contributed by atoms with Crippen LogP contribution in [0.5, 0.6) is 5.75 Å². The Balaban J connectivity index is 2.64. The minimum absolute atomic E-state index is 0.0465. The van der Waals surface area contributed by atoms with Crippen LogP contribution in [-0.2, 0) is 4.74 Å². The number of ketones is 1. The highest BCUT2D eigenvalue weighted by Gasteiger charge is 2.14. The second kappa shape index (κ2) is 7.62. The maximum absolute atomic E-state index is 11.8. The standard InChI is InChI=1S/C12H12Cl2F2O3/c1-18-11-5-8(13)7(4-9(11)14)10(17)2-3-19-6-12(15)16/h4-5,12H,2-3,6H2,1H3. The molecule has 19 heavy (non-hydrogen) atoms. The van der Waals surface area contributed by atoms with E-state index in [1.807, 2.05) is 0 Å². The molecule has 1 rings (SSSR count). The molecule has 1 aromatic carbocycles. The molecule has 0 amide bonds. The summed E-state index contributed by atoms with van der Waals surface area (Å²) in [6.07, 6.45) is -2.59. The Morgan fingerprint density at radius 3 is 2.58 bits per heavy atom. The number of ether oxygens (including phenoxy) is 2. The molecule has 3 nitrogen and oxygen atoms in total. The summed E-state index contributed by atoms with van der Waals surface area (Å²) in [5.41, 5.74) is 0.216. The number of halogens is 4. The van der Waals surface area contributed by atoms with E-state index in [2.05, 4.69) is 4.74 Å². The minimum Gasteiger partial charge on any atom is -0.495 e. The first-order chi connectivity index (χ1) is 8.95. The Morgan fingerprint density at radius 2 is 2.00 bits per heavy atom. The number of methoxy groups -OCH3 is 1. The largest absolute Gasteiger partial charge is 0.495 e. The smallest absolute Gasteiger partial charge is 0.261 e. The van der Waals surface area contributed by atoms with Gasteiger partial charge >= 0.3 is 0 Å². The second-order valence-corrected chi connectivity index (χ2v) is 4.42. The molecule has 0 saturated carbocycles. The van der Waals surface area contributed by atoms with E-state index in [0.717, 1.165) is 0 Å². The molecule has 106 valence electrons. The van der Waals surface area contributed by atoms with E-state index in [1.165, 1.54) is 19.2 Å². The van der Waals surface area contributed by atoms with Gasteiger partial charge in [-0.3, -0.25) is 4.79 Å². The van der Waals surface area contributed by atoms with E-state index in [1.54, 1.807) is 0 Å². The molecule has 0 radical (unpaired) electrons. The summed E-state index contributed by atoms with van der Waals surface area (Å²) in [5.74, 6) is 0.0287. The lowest BCUT2D eigenvalue weighted by atomic mass is 10.1. The maximum Gasteiger partial charge on any atom is 0.261 e. The van der Waals surface area contributed by atoms with Gasteiger partial charge in [0.25, 0.3) is 6.43 Å². The van der Waals surface area contributed by atoms with Crippen LogP contribution in [0.25, 0.3) is 0 Å². The van der Waals surface area contributed by atoms with Gasteiger partial charge in [-0.15, -0.1) is 0 Å². The van der Waals surface area contributed by atoms with Gasteiger partial charge in [0.05, 0.1) is 23.8 Å². The second-order valence-electron chi connectivity index (χ2n) is 3.61. The quantitative estimate of drug-likeness (QED) is 0.566. The minimum atomic E-state index is -2.55. The molecular weight excluding hydrogens is 301 g/mol. The highest BCUT2D eigenvalue weighted by molar-refractivity contribution is 6.36. The Labute approximate surface area is 119 Å². The topological polar surface area (TPSA) is 35.5 Å². The van der Waals surface area contributed by atoms with Crippen molar-refractivity contribution in [1.82, 2.24) is 0 Å². The molecule has 0 aliphatic rings. The van der Waals surface area contributed by atoms with Crippen LogP contribution < -0.4 is 4.74 Å². The first-order valence-electron chi connectivity index (χ1n) is 5.37. The number of carbonyl (C=O) groups excluding carboxylic acids is 1. The van der Waals surface area contributed by atoms with Crippen LogP contribution >= 0.6 is 23.2 Å². The third kappa shape index (κ3) is 4.93. The van der Waals surface area contributed by atoms with Crippen molar-refractivity contribution in [2.75, 3.05) is 20.3 Å². The third-order valence-corrected chi connectivity index (χ3v) is 2.87. The van der Waals surface area contributed by atoms with E-state index in [4.69, 9.17) is 27.9 Å². The van der Waals surface area contributed by atoms with Crippen LogP contribution in [0.1, 0.15) is 16.8 Å². The van der Waals surface area contributed by atoms with Gasteiger partial charge in [-0.25, -0.2) is 8.78 Å². The van der Waals surface area contributed by atoms with Crippen LogP contribution in [-0.4, -0.2) is 32.5 Å². The SMILES string of the molecule is COc1cc(Cl)c(C(=O)CCOCC(F)F)cc1Cl. The molecule has 0 saturated heterocycles. The molecule has 0 heterocycles. The van der Waals surface area contributed by atoms with Crippen LogP contribution in [0.4, 0.5) is 8.78 Å². The summed E-state index contributed by atoms with van der Waals surface area (Å²) in [6, 6.07) is 2.81. The van der Waals surface area contributed by atoms with Crippen molar-refractivity contribution in [3.05, 3.63) is 27.7 Å². The predicted octanol–water partition coefficient (Wildman–Crippen LogP) is 3.86. The third-order valence-electron chi connectivity index (χ3n) is 2.26. The van der Waals surface area contributed by atoms with Crippen molar-refractivity contribution >= 4 is 29.0 Å². The predicted molar refractivity (Wildman–Crippen MR) is 68.8 cm³/mol. The molecule has 0 atom stereocenters. The summed E-state index contributed by atoms with van der Waals surface area (Å²) in [5, 5.41) is 0.448. The Bertz CT molecular complexity index is 453. The number of rotatable bonds is 7. The fourth-order valence-corrected chi connectivity index (χ4v) is 1.87. The molecule has 0 aliphatic carbocycles. The van der Waals surface area contributed by atoms with Gasteiger partial charge in [0.2, 0.25) is 0 Å². The van der Waals surface area contributed by atoms with Gasteiger partial charge in [-0.2, -0.15) is 0 Å². The number of benzene rings is 1. The molecule has 0 spiro atoms. The Morgan fingerprint density at radius 1 is 1.32 bits per heavy atom. The summed E-state index contributed by atoms with van der Waals surface area (Å²) in [7, 11) is 1.43. The molecule has 0 bridgehead atoms. The average Bonchev–Trinajstić information content (AvgIpc) is 2.36. The fraction of sp³-hybridized carbons (Fsp3) is 0.417. The molecular formula is C12H12Cl2F2O3. The van der Waals surface area contributed by atoms with Gasteiger partial charge in [0, 0.05) is 18.1 Å². The number of hydrogen-bond acceptors (Lipinski definition) is 3. The van der Waals surface area contributed by atoms with Crippen molar-refractivity contribution < 1.29 is 23.0 Å². The normalized spacial score (nSPS) is 10.8. The Kier molecular flexibility index (Phi) is 6.48. The number of carbonyl (C=O) groups is 1. The van der Waals surface area contributed by atoms with E-state index >= 15 is 0 Å². The van der Waals surface area contributed by atoms with Gasteiger partial charge in [0.1, 0.15) is 12.4 Å². The van der Waals surface area contributed by atoms with Gasteiger partial charge in [0.15, 0.2) is 5.78 Å². The van der Waals surface area contributed by atoms with Crippen molar-refractivity contribution in [2.45, 2.75) is 12.8 Å². The van der Waals surface area contributed by atoms with Crippen molar-refractivity contribution in [3.8, 4) is 5.75 Å². The number of Topliss-reactive ketones (excluding diaryl/α,β-unsaturated/α-hetero) is 1. The van der Waals surface area contributed by atoms with Gasteiger partial charge in [-0.05, 0) is 6.07 Å². The van der Waals surface area contributed by atoms with Crippen molar-refractivity contribution in [3.63, 3.8) is 0 Å². The van der Waals surface area contributed by atoms with Crippen LogP contribution in [0.3, 0.4) is 0 Å². The van der Waals surface area contributed by atoms with E-state index in [0.29, 0.717) is 5.75 Å². The molecule has 0 aromatic heterocycles. The monoisotopic (exact) mass is 312 g/mol. The average molecular weight is 313 g/mol. The Hall–Kier alpha value is -0.910. The zero-order chi connectivity index (χ0) is 14.4. The molecule has 7 heteroatoms.